The first-order valence-corrected chi connectivity index (χ1v) is 5.32. The van der Waals surface area contributed by atoms with Gasteiger partial charge in [-0.15, -0.1) is 0 Å². The van der Waals surface area contributed by atoms with Crippen LogP contribution in [0.4, 0.5) is 5.82 Å². The molecule has 0 amide bonds. The second-order valence-corrected chi connectivity index (χ2v) is 4.48. The van der Waals surface area contributed by atoms with E-state index in [1.165, 1.54) is 0 Å². The number of hydrogen-bond donors (Lipinski definition) is 1. The number of pyridine rings is 1. The highest BCUT2D eigenvalue weighted by Gasteiger charge is 2.52. The molecule has 1 saturated carbocycles. The number of nitrogens with two attached hydrogens (primary N) is 1. The van der Waals surface area contributed by atoms with Crippen LogP contribution in [-0.2, 0) is 0 Å². The quantitative estimate of drug-likeness (QED) is 0.679. The zero-order chi connectivity index (χ0) is 10.5. The summed E-state index contributed by atoms with van der Waals surface area (Å²) >= 11 is 0. The number of rotatable bonds is 0. The van der Waals surface area contributed by atoms with E-state index < -0.39 is 0 Å². The smallest absolute Gasteiger partial charge is 0.171 e. The summed E-state index contributed by atoms with van der Waals surface area (Å²) in [7, 11) is 2.01. The molecule has 1 fully saturated rings. The minimum atomic E-state index is -0.109. The van der Waals surface area contributed by atoms with Gasteiger partial charge in [-0.05, 0) is 25.0 Å². The van der Waals surface area contributed by atoms with Crippen LogP contribution in [-0.4, -0.2) is 30.2 Å². The average molecular weight is 205 g/mol. The number of ether oxygens (including phenoxy) is 1. The molecule has 15 heavy (non-hydrogen) atoms. The van der Waals surface area contributed by atoms with E-state index >= 15 is 0 Å². The molecule has 1 atom stereocenters. The van der Waals surface area contributed by atoms with Gasteiger partial charge in [-0.1, -0.05) is 0 Å². The van der Waals surface area contributed by atoms with E-state index in [0.717, 1.165) is 31.0 Å². The summed E-state index contributed by atoms with van der Waals surface area (Å²) in [5.41, 5.74) is 6.04. The van der Waals surface area contributed by atoms with Crippen molar-refractivity contribution in [1.82, 2.24) is 4.98 Å². The standard InChI is InChI=1S/C11H15N3O/c1-14-7-9(12)11(4-5-11)15-8-3-2-6-13-10(8)14/h2-3,6,9H,4-5,7,12H2,1H3. The number of aromatic nitrogens is 1. The predicted octanol–water partition coefficient (Wildman–Crippen LogP) is 0.770. The Morgan fingerprint density at radius 3 is 3.13 bits per heavy atom. The molecule has 1 spiro atoms. The Hall–Kier alpha value is -1.29. The molecular weight excluding hydrogens is 190 g/mol. The zero-order valence-corrected chi connectivity index (χ0v) is 8.81. The van der Waals surface area contributed by atoms with Crippen molar-refractivity contribution in [3.8, 4) is 5.75 Å². The predicted molar refractivity (Wildman–Crippen MR) is 58.1 cm³/mol. The molecule has 1 unspecified atom stereocenters. The summed E-state index contributed by atoms with van der Waals surface area (Å²) < 4.78 is 6.01. The van der Waals surface area contributed by atoms with Crippen LogP contribution in [0.1, 0.15) is 12.8 Å². The number of fused-ring (bicyclic) bond motifs is 1. The molecule has 1 aliphatic carbocycles. The van der Waals surface area contributed by atoms with Gasteiger partial charge in [-0.25, -0.2) is 4.98 Å². The van der Waals surface area contributed by atoms with Crippen LogP contribution < -0.4 is 15.4 Å². The maximum atomic E-state index is 6.15. The van der Waals surface area contributed by atoms with E-state index in [-0.39, 0.29) is 11.6 Å². The lowest BCUT2D eigenvalue weighted by Crippen LogP contribution is -2.46. The number of nitrogens with zero attached hydrogens (tertiary/aromatic N) is 2. The normalized spacial score (nSPS) is 26.8. The third kappa shape index (κ3) is 1.28. The summed E-state index contributed by atoms with van der Waals surface area (Å²) in [5, 5.41) is 0. The molecule has 4 heteroatoms. The van der Waals surface area contributed by atoms with E-state index in [1.54, 1.807) is 6.20 Å². The minimum Gasteiger partial charge on any atom is -0.482 e. The van der Waals surface area contributed by atoms with Crippen molar-refractivity contribution in [2.45, 2.75) is 24.5 Å². The van der Waals surface area contributed by atoms with Crippen LogP contribution in [0.25, 0.3) is 0 Å². The number of hydrogen-bond acceptors (Lipinski definition) is 4. The van der Waals surface area contributed by atoms with Gasteiger partial charge in [0.25, 0.3) is 0 Å². The van der Waals surface area contributed by atoms with Gasteiger partial charge in [0, 0.05) is 19.8 Å². The lowest BCUT2D eigenvalue weighted by molar-refractivity contribution is 0.156. The Balaban J connectivity index is 2.04. The molecule has 0 radical (unpaired) electrons. The first-order valence-electron chi connectivity index (χ1n) is 5.32. The lowest BCUT2D eigenvalue weighted by Gasteiger charge is -2.22. The average Bonchev–Trinajstić information content (AvgIpc) is 2.99. The molecule has 1 aromatic heterocycles. The summed E-state index contributed by atoms with van der Waals surface area (Å²) in [5.74, 6) is 1.77. The first-order chi connectivity index (χ1) is 7.21. The van der Waals surface area contributed by atoms with Gasteiger partial charge in [0.1, 0.15) is 5.60 Å². The topological polar surface area (TPSA) is 51.4 Å². The monoisotopic (exact) mass is 205 g/mol. The molecular formula is C11H15N3O. The fourth-order valence-electron chi connectivity index (χ4n) is 2.19. The number of anilines is 1. The van der Waals surface area contributed by atoms with Crippen LogP contribution in [0.2, 0.25) is 0 Å². The van der Waals surface area contributed by atoms with Crippen LogP contribution in [0.5, 0.6) is 5.75 Å². The van der Waals surface area contributed by atoms with Crippen molar-refractivity contribution < 1.29 is 4.74 Å². The highest BCUT2D eigenvalue weighted by atomic mass is 16.5. The maximum Gasteiger partial charge on any atom is 0.171 e. The maximum absolute atomic E-state index is 6.15. The molecule has 2 aliphatic rings. The van der Waals surface area contributed by atoms with Crippen LogP contribution in [0, 0.1) is 0 Å². The summed E-state index contributed by atoms with van der Waals surface area (Å²) in [6.07, 6.45) is 3.92. The third-order valence-corrected chi connectivity index (χ3v) is 3.31. The molecule has 2 heterocycles. The van der Waals surface area contributed by atoms with Gasteiger partial charge < -0.3 is 15.4 Å². The first kappa shape index (κ1) is 8.97. The molecule has 0 bridgehead atoms. The van der Waals surface area contributed by atoms with Crippen LogP contribution >= 0.6 is 0 Å². The van der Waals surface area contributed by atoms with Crippen molar-refractivity contribution in [3.05, 3.63) is 18.3 Å². The zero-order valence-electron chi connectivity index (χ0n) is 8.81. The number of likely N-dealkylation sites (N-methyl/N-ethyl adjacent to an activating group) is 1. The minimum absolute atomic E-state index is 0.0803. The van der Waals surface area contributed by atoms with Gasteiger partial charge in [-0.2, -0.15) is 0 Å². The van der Waals surface area contributed by atoms with E-state index in [0.29, 0.717) is 0 Å². The Kier molecular flexibility index (Phi) is 1.71. The third-order valence-electron chi connectivity index (χ3n) is 3.31. The SMILES string of the molecule is CN1CC(N)C2(CC2)Oc2cccnc21. The largest absolute Gasteiger partial charge is 0.482 e. The Morgan fingerprint density at radius 1 is 1.60 bits per heavy atom. The van der Waals surface area contributed by atoms with Crippen molar-refractivity contribution in [1.29, 1.82) is 0 Å². The Bertz CT molecular complexity index is 389. The van der Waals surface area contributed by atoms with Crippen molar-refractivity contribution in [2.24, 2.45) is 5.73 Å². The van der Waals surface area contributed by atoms with Gasteiger partial charge >= 0.3 is 0 Å². The van der Waals surface area contributed by atoms with Crippen LogP contribution in [0.3, 0.4) is 0 Å². The summed E-state index contributed by atoms with van der Waals surface area (Å²) in [4.78, 5) is 6.41. The second-order valence-electron chi connectivity index (χ2n) is 4.48. The van der Waals surface area contributed by atoms with Gasteiger partial charge in [0.2, 0.25) is 0 Å². The van der Waals surface area contributed by atoms with Gasteiger partial charge in [0.05, 0.1) is 6.04 Å². The van der Waals surface area contributed by atoms with E-state index in [4.69, 9.17) is 10.5 Å². The van der Waals surface area contributed by atoms with E-state index in [2.05, 4.69) is 9.88 Å². The fourth-order valence-corrected chi connectivity index (χ4v) is 2.19. The van der Waals surface area contributed by atoms with Gasteiger partial charge in [-0.3, -0.25) is 0 Å². The molecule has 1 aromatic rings. The molecule has 0 aromatic carbocycles. The van der Waals surface area contributed by atoms with Crippen LogP contribution in [0.15, 0.2) is 18.3 Å². The molecule has 4 nitrogen and oxygen atoms in total. The molecule has 0 saturated heterocycles. The molecule has 1 aliphatic heterocycles. The summed E-state index contributed by atoms with van der Waals surface area (Å²) in [6, 6.07) is 3.95. The molecule has 80 valence electrons. The van der Waals surface area contributed by atoms with E-state index in [9.17, 15) is 0 Å². The van der Waals surface area contributed by atoms with Crippen molar-refractivity contribution >= 4 is 5.82 Å². The summed E-state index contributed by atoms with van der Waals surface area (Å²) in [6.45, 7) is 0.810. The van der Waals surface area contributed by atoms with Crippen molar-refractivity contribution in [3.63, 3.8) is 0 Å². The second kappa shape index (κ2) is 2.85. The fraction of sp³-hybridized carbons (Fsp3) is 0.545. The van der Waals surface area contributed by atoms with Crippen molar-refractivity contribution in [2.75, 3.05) is 18.5 Å². The Morgan fingerprint density at radius 2 is 2.40 bits per heavy atom. The van der Waals surface area contributed by atoms with Gasteiger partial charge in [0.15, 0.2) is 11.6 Å². The highest BCUT2D eigenvalue weighted by Crippen LogP contribution is 2.46. The highest BCUT2D eigenvalue weighted by molar-refractivity contribution is 5.53. The van der Waals surface area contributed by atoms with E-state index in [1.807, 2.05) is 19.2 Å². The molecule has 2 N–H and O–H groups in total. The lowest BCUT2D eigenvalue weighted by atomic mass is 10.1. The Labute approximate surface area is 89.0 Å². The molecule has 3 rings (SSSR count).